The molecular weight excluding hydrogens is 603 g/mol. The molecule has 2 aliphatic rings. The summed E-state index contributed by atoms with van der Waals surface area (Å²) >= 11 is 0. The van der Waals surface area contributed by atoms with E-state index in [0.717, 1.165) is 24.0 Å². The number of rotatable bonds is 1. The van der Waals surface area contributed by atoms with Crippen LogP contribution >= 0.6 is 0 Å². The maximum atomic E-state index is 12.1. The number of ether oxygens (including phenoxy) is 2. The van der Waals surface area contributed by atoms with E-state index in [1.165, 1.54) is 23.5 Å². The second-order valence-corrected chi connectivity index (χ2v) is 11.7. The van der Waals surface area contributed by atoms with Gasteiger partial charge in [-0.1, -0.05) is 43.2 Å². The summed E-state index contributed by atoms with van der Waals surface area (Å²) in [5, 5.41) is 0. The summed E-state index contributed by atoms with van der Waals surface area (Å²) in [5.74, 6) is 0. The average Bonchev–Trinajstić information content (AvgIpc) is 2.91. The van der Waals surface area contributed by atoms with Gasteiger partial charge < -0.3 is 25.0 Å². The van der Waals surface area contributed by atoms with E-state index < -0.39 is 11.2 Å². The van der Waals surface area contributed by atoms with Crippen LogP contribution < -0.4 is 5.73 Å². The first kappa shape index (κ1) is 39.7. The molecule has 0 saturated carbocycles. The van der Waals surface area contributed by atoms with Gasteiger partial charge in [-0.2, -0.15) is 0 Å². The van der Waals surface area contributed by atoms with Crippen molar-refractivity contribution in [2.75, 3.05) is 13.1 Å². The Hall–Kier alpha value is -2.34. The Morgan fingerprint density at radius 2 is 1.26 bits per heavy atom. The molecule has 0 fully saturated rings. The molecule has 2 heterocycles. The van der Waals surface area contributed by atoms with Gasteiger partial charge >= 0.3 is 12.2 Å². The number of nitrogens with zero attached hydrogens (tertiary/aromatic N) is 3. The van der Waals surface area contributed by atoms with Gasteiger partial charge in [0.15, 0.2) is 5.69 Å². The fourth-order valence-electron chi connectivity index (χ4n) is 4.32. The summed E-state index contributed by atoms with van der Waals surface area (Å²) in [6, 6.07) is 11.9. The zero-order valence-corrected chi connectivity index (χ0v) is 29.0. The zero-order valence-electron chi connectivity index (χ0n) is 26.2. The van der Waals surface area contributed by atoms with Crippen molar-refractivity contribution in [1.82, 2.24) is 9.80 Å². The molecule has 0 unspecified atom stereocenters. The molecule has 0 atom stereocenters. The van der Waals surface area contributed by atoms with Crippen molar-refractivity contribution in [1.29, 1.82) is 0 Å². The molecule has 0 aliphatic carbocycles. The van der Waals surface area contributed by atoms with Gasteiger partial charge in [-0.15, -0.1) is 0 Å². The van der Waals surface area contributed by atoms with E-state index in [1.54, 1.807) is 9.80 Å². The topological polar surface area (TPSA) is 89.5 Å². The van der Waals surface area contributed by atoms with E-state index in [2.05, 4.69) is 30.9 Å². The Morgan fingerprint density at radius 3 is 1.67 bits per heavy atom. The van der Waals surface area contributed by atoms with Crippen LogP contribution in [-0.4, -0.2) is 62.5 Å². The Kier molecular flexibility index (Phi) is 16.7. The van der Waals surface area contributed by atoms with Crippen LogP contribution in [0.25, 0.3) is 4.85 Å². The second-order valence-electron chi connectivity index (χ2n) is 11.7. The molecule has 2 aliphatic heterocycles. The van der Waals surface area contributed by atoms with E-state index in [1.807, 2.05) is 59.7 Å². The van der Waals surface area contributed by atoms with Crippen LogP contribution in [0, 0.1) is 6.57 Å². The third-order valence-corrected chi connectivity index (χ3v) is 6.15. The minimum absolute atomic E-state index is 0. The van der Waals surface area contributed by atoms with Crippen molar-refractivity contribution in [2.24, 2.45) is 5.73 Å². The summed E-state index contributed by atoms with van der Waals surface area (Å²) in [5.41, 5.74) is 11.2. The predicted octanol–water partition coefficient (Wildman–Crippen LogP) is 5.79. The first-order valence-corrected chi connectivity index (χ1v) is 13.6. The molecular formula is C31H43B2N4O4Y. The second kappa shape index (κ2) is 17.7. The molecule has 11 heteroatoms. The molecule has 0 bridgehead atoms. The van der Waals surface area contributed by atoms with Crippen molar-refractivity contribution in [3.63, 3.8) is 0 Å². The number of amides is 2. The van der Waals surface area contributed by atoms with Crippen molar-refractivity contribution in [2.45, 2.75) is 92.0 Å². The van der Waals surface area contributed by atoms with Gasteiger partial charge in [-0.3, -0.25) is 0 Å². The average molecular weight is 646 g/mol. The van der Waals surface area contributed by atoms with Crippen molar-refractivity contribution in [3.05, 3.63) is 75.6 Å². The predicted molar refractivity (Wildman–Crippen MR) is 165 cm³/mol. The summed E-state index contributed by atoms with van der Waals surface area (Å²) in [6.07, 6.45) is 1.16. The smallest absolute Gasteiger partial charge is 0.410 e. The molecule has 220 valence electrons. The standard InChI is InChI=1S/C15H18N2O2.C15H22N2O2.CH3B.B.Y/c1-15(2,3)19-14(18)17-8-7-11-5-6-13(16-4)9-12(11)10-17;1-15(2,3)19-14(18)17-7-6-12-5-4-11(9-16)8-13(12)10-17;1-2;;/h5-6,9H,7-8,10H2,1-3H3;4-5,8H,6-7,9-10,16H2,1-3H3;1H3;;. The third kappa shape index (κ3) is 12.5. The number of hydrogen-bond acceptors (Lipinski definition) is 5. The van der Waals surface area contributed by atoms with Gasteiger partial charge in [0.25, 0.3) is 0 Å². The SMILES string of the molecule is CC(C)(C)OC(=O)N1CCc2ccc(CN)cc2C1.[B].[B]C.[C-]#[N+]c1ccc2c(c1)CN(C(=O)OC(C)(C)C)CC2.[Y]. The van der Waals surface area contributed by atoms with Gasteiger partial charge in [0.2, 0.25) is 0 Å². The third-order valence-electron chi connectivity index (χ3n) is 6.15. The number of hydrogen-bond donors (Lipinski definition) is 1. The van der Waals surface area contributed by atoms with Crippen molar-refractivity contribution < 1.29 is 51.8 Å². The van der Waals surface area contributed by atoms with Crippen molar-refractivity contribution in [3.8, 4) is 0 Å². The van der Waals surface area contributed by atoms with Gasteiger partial charge in [-0.05, 0) is 82.2 Å². The van der Waals surface area contributed by atoms with E-state index in [-0.39, 0.29) is 53.3 Å². The molecule has 8 nitrogen and oxygen atoms in total. The minimum Gasteiger partial charge on any atom is -0.444 e. The molecule has 2 N–H and O–H groups in total. The van der Waals surface area contributed by atoms with E-state index in [9.17, 15) is 9.59 Å². The first-order valence-electron chi connectivity index (χ1n) is 13.6. The molecule has 0 spiro atoms. The summed E-state index contributed by atoms with van der Waals surface area (Å²) in [7, 11) is 4.50. The Labute approximate surface area is 280 Å². The fourth-order valence-corrected chi connectivity index (χ4v) is 4.32. The van der Waals surface area contributed by atoms with E-state index >= 15 is 0 Å². The molecule has 2 amide bonds. The minimum atomic E-state index is -0.476. The van der Waals surface area contributed by atoms with Crippen LogP contribution in [0.4, 0.5) is 15.3 Å². The number of fused-ring (bicyclic) bond motifs is 2. The summed E-state index contributed by atoms with van der Waals surface area (Å²) < 4.78 is 10.8. The molecule has 0 saturated heterocycles. The fraction of sp³-hybridized carbons (Fsp3) is 0.516. The van der Waals surface area contributed by atoms with Gasteiger partial charge in [0.05, 0.1) is 14.4 Å². The van der Waals surface area contributed by atoms with Crippen LogP contribution in [0.1, 0.15) is 69.4 Å². The Balaban J connectivity index is 0.000000723. The van der Waals surface area contributed by atoms with Gasteiger partial charge in [-0.25, -0.2) is 14.4 Å². The van der Waals surface area contributed by atoms with Crippen LogP contribution in [0.5, 0.6) is 0 Å². The van der Waals surface area contributed by atoms with Crippen LogP contribution in [-0.2, 0) is 74.7 Å². The van der Waals surface area contributed by atoms with Crippen LogP contribution in [0.3, 0.4) is 0 Å². The molecule has 6 radical (unpaired) electrons. The van der Waals surface area contributed by atoms with Crippen LogP contribution in [0.2, 0.25) is 6.82 Å². The molecule has 0 aromatic heterocycles. The molecule has 2 aromatic rings. The largest absolute Gasteiger partial charge is 0.444 e. The summed E-state index contributed by atoms with van der Waals surface area (Å²) in [4.78, 5) is 31.0. The molecule has 4 rings (SSSR count). The van der Waals surface area contributed by atoms with Crippen molar-refractivity contribution >= 4 is 34.1 Å². The van der Waals surface area contributed by atoms with Gasteiger partial charge in [0, 0.05) is 73.8 Å². The summed E-state index contributed by atoms with van der Waals surface area (Å²) in [6.45, 7) is 22.8. The maximum Gasteiger partial charge on any atom is 0.410 e. The monoisotopic (exact) mass is 646 g/mol. The van der Waals surface area contributed by atoms with Gasteiger partial charge in [0.1, 0.15) is 11.2 Å². The number of carbonyl (C=O) groups excluding carboxylic acids is 2. The van der Waals surface area contributed by atoms with E-state index in [0.29, 0.717) is 38.4 Å². The normalized spacial score (nSPS) is 13.5. The molecule has 2 aromatic carbocycles. The maximum absolute atomic E-state index is 12.1. The Bertz CT molecular complexity index is 1220. The Morgan fingerprint density at radius 1 is 0.833 bits per heavy atom. The number of nitrogens with two attached hydrogens (primary N) is 1. The molecule has 42 heavy (non-hydrogen) atoms. The first-order chi connectivity index (χ1) is 18.8. The quantitative estimate of drug-likeness (QED) is 0.313. The number of carbonyl (C=O) groups is 2. The number of benzene rings is 2. The zero-order chi connectivity index (χ0) is 30.1. The van der Waals surface area contributed by atoms with E-state index in [4.69, 9.17) is 21.8 Å². The van der Waals surface area contributed by atoms with Crippen LogP contribution in [0.15, 0.2) is 36.4 Å².